The zero-order chi connectivity index (χ0) is 12.5. The van der Waals surface area contributed by atoms with Gasteiger partial charge in [-0.15, -0.1) is 0 Å². The smallest absolute Gasteiger partial charge is 0.223 e. The summed E-state index contributed by atoms with van der Waals surface area (Å²) < 4.78 is 12.8. The molecule has 92 valence electrons. The minimum atomic E-state index is -0.243. The second-order valence-electron chi connectivity index (χ2n) is 4.55. The molecule has 0 atom stereocenters. The normalized spacial score (nSPS) is 14.7. The molecule has 1 saturated carbocycles. The maximum absolute atomic E-state index is 12.8. The maximum Gasteiger partial charge on any atom is 0.223 e. The predicted molar refractivity (Wildman–Crippen MR) is 65.4 cm³/mol. The van der Waals surface area contributed by atoms with Crippen LogP contribution in [0.3, 0.4) is 0 Å². The summed E-state index contributed by atoms with van der Waals surface area (Å²) in [6.07, 6.45) is 2.80. The van der Waals surface area contributed by atoms with Crippen molar-refractivity contribution in [2.75, 3.05) is 5.73 Å². The van der Waals surface area contributed by atoms with Crippen LogP contribution in [0.25, 0.3) is 0 Å². The van der Waals surface area contributed by atoms with Gasteiger partial charge in [-0.05, 0) is 30.5 Å². The Morgan fingerprint density at radius 1 is 1.11 bits per heavy atom. The first-order valence-corrected chi connectivity index (χ1v) is 5.95. The maximum atomic E-state index is 12.8. The fourth-order valence-electron chi connectivity index (χ4n) is 1.84. The molecular weight excluding hydrogens is 231 g/mol. The van der Waals surface area contributed by atoms with E-state index in [9.17, 15) is 4.39 Å². The summed E-state index contributed by atoms with van der Waals surface area (Å²) in [5, 5.41) is 0. The van der Waals surface area contributed by atoms with Gasteiger partial charge in [0.05, 0.1) is 0 Å². The first-order chi connectivity index (χ1) is 8.70. The third-order valence-corrected chi connectivity index (χ3v) is 2.93. The molecule has 1 fully saturated rings. The molecule has 1 aromatic heterocycles. The molecule has 1 aromatic carbocycles. The van der Waals surface area contributed by atoms with Gasteiger partial charge in [0.1, 0.15) is 17.5 Å². The molecule has 0 spiro atoms. The van der Waals surface area contributed by atoms with Crippen molar-refractivity contribution < 1.29 is 4.39 Å². The number of nitrogens with zero attached hydrogens (tertiary/aromatic N) is 3. The number of hydrogen-bond acceptors (Lipinski definition) is 4. The minimum Gasteiger partial charge on any atom is -0.368 e. The van der Waals surface area contributed by atoms with E-state index in [0.717, 1.165) is 24.2 Å². The zero-order valence-corrected chi connectivity index (χ0v) is 9.81. The highest BCUT2D eigenvalue weighted by atomic mass is 19.1. The quantitative estimate of drug-likeness (QED) is 0.897. The number of aromatic nitrogens is 3. The second kappa shape index (κ2) is 4.33. The molecule has 1 aliphatic carbocycles. The molecule has 4 nitrogen and oxygen atoms in total. The van der Waals surface area contributed by atoms with Crippen molar-refractivity contribution in [3.63, 3.8) is 0 Å². The number of benzene rings is 1. The summed E-state index contributed by atoms with van der Waals surface area (Å²) in [5.74, 6) is 1.91. The van der Waals surface area contributed by atoms with Crippen LogP contribution in [0.1, 0.15) is 36.0 Å². The van der Waals surface area contributed by atoms with Gasteiger partial charge < -0.3 is 5.73 Å². The van der Waals surface area contributed by atoms with E-state index in [2.05, 4.69) is 15.0 Å². The van der Waals surface area contributed by atoms with Gasteiger partial charge in [-0.2, -0.15) is 9.97 Å². The van der Waals surface area contributed by atoms with Crippen LogP contribution < -0.4 is 5.73 Å². The standard InChI is InChI=1S/C13H13FN4/c14-10-5-1-8(2-6-10)7-11-16-12(9-3-4-9)18-13(15)17-11/h1-2,5-6,9H,3-4,7H2,(H2,15,16,17,18). The Morgan fingerprint density at radius 2 is 1.83 bits per heavy atom. The molecule has 3 rings (SSSR count). The Bertz CT molecular complexity index is 564. The van der Waals surface area contributed by atoms with Gasteiger partial charge in [0.2, 0.25) is 5.95 Å². The lowest BCUT2D eigenvalue weighted by atomic mass is 10.1. The van der Waals surface area contributed by atoms with Gasteiger partial charge in [0, 0.05) is 12.3 Å². The molecule has 2 N–H and O–H groups in total. The molecule has 1 aliphatic rings. The van der Waals surface area contributed by atoms with E-state index in [0.29, 0.717) is 18.2 Å². The van der Waals surface area contributed by atoms with E-state index >= 15 is 0 Å². The average molecular weight is 244 g/mol. The summed E-state index contributed by atoms with van der Waals surface area (Å²) in [6, 6.07) is 6.32. The van der Waals surface area contributed by atoms with Crippen LogP contribution >= 0.6 is 0 Å². The Labute approximate surface area is 104 Å². The lowest BCUT2D eigenvalue weighted by molar-refractivity contribution is 0.627. The van der Waals surface area contributed by atoms with Crippen LogP contribution in [0.5, 0.6) is 0 Å². The molecule has 2 aromatic rings. The van der Waals surface area contributed by atoms with Crippen LogP contribution in [0.15, 0.2) is 24.3 Å². The van der Waals surface area contributed by atoms with E-state index in [1.165, 1.54) is 12.1 Å². The Kier molecular flexibility index (Phi) is 2.66. The largest absolute Gasteiger partial charge is 0.368 e. The zero-order valence-electron chi connectivity index (χ0n) is 9.81. The highest BCUT2D eigenvalue weighted by Crippen LogP contribution is 2.38. The van der Waals surface area contributed by atoms with Gasteiger partial charge in [-0.3, -0.25) is 0 Å². The van der Waals surface area contributed by atoms with Gasteiger partial charge in [-0.1, -0.05) is 12.1 Å². The number of hydrogen-bond donors (Lipinski definition) is 1. The first-order valence-electron chi connectivity index (χ1n) is 5.95. The molecule has 1 heterocycles. The fourth-order valence-corrected chi connectivity index (χ4v) is 1.84. The van der Waals surface area contributed by atoms with Crippen molar-refractivity contribution in [1.29, 1.82) is 0 Å². The number of halogens is 1. The summed E-state index contributed by atoms with van der Waals surface area (Å²) in [6.45, 7) is 0. The molecule has 18 heavy (non-hydrogen) atoms. The second-order valence-corrected chi connectivity index (χ2v) is 4.55. The van der Waals surface area contributed by atoms with E-state index in [1.807, 2.05) is 0 Å². The van der Waals surface area contributed by atoms with Crippen LogP contribution in [-0.2, 0) is 6.42 Å². The number of nitrogen functional groups attached to an aromatic ring is 1. The van der Waals surface area contributed by atoms with Gasteiger partial charge in [-0.25, -0.2) is 9.37 Å². The third kappa shape index (κ3) is 2.45. The van der Waals surface area contributed by atoms with Crippen molar-refractivity contribution in [2.24, 2.45) is 0 Å². The van der Waals surface area contributed by atoms with Crippen LogP contribution in [0.2, 0.25) is 0 Å². The predicted octanol–water partition coefficient (Wildman–Crippen LogP) is 2.06. The minimum absolute atomic E-state index is 0.243. The van der Waals surface area contributed by atoms with E-state index < -0.39 is 0 Å². The van der Waals surface area contributed by atoms with Crippen LogP contribution in [0, 0.1) is 5.82 Å². The highest BCUT2D eigenvalue weighted by Gasteiger charge is 2.27. The monoisotopic (exact) mass is 244 g/mol. The van der Waals surface area contributed by atoms with Crippen molar-refractivity contribution in [3.8, 4) is 0 Å². The molecule has 0 amide bonds. The van der Waals surface area contributed by atoms with Gasteiger partial charge in [0.15, 0.2) is 0 Å². The molecule has 0 bridgehead atoms. The highest BCUT2D eigenvalue weighted by molar-refractivity contribution is 5.24. The Morgan fingerprint density at radius 3 is 2.50 bits per heavy atom. The van der Waals surface area contributed by atoms with Gasteiger partial charge >= 0.3 is 0 Å². The van der Waals surface area contributed by atoms with E-state index in [1.54, 1.807) is 12.1 Å². The lowest BCUT2D eigenvalue weighted by Crippen LogP contribution is -2.07. The van der Waals surface area contributed by atoms with Gasteiger partial charge in [0.25, 0.3) is 0 Å². The SMILES string of the molecule is Nc1nc(Cc2ccc(F)cc2)nc(C2CC2)n1. The summed E-state index contributed by atoms with van der Waals surface area (Å²) in [7, 11) is 0. The summed E-state index contributed by atoms with van der Waals surface area (Å²) in [4.78, 5) is 12.7. The summed E-state index contributed by atoms with van der Waals surface area (Å²) in [5.41, 5.74) is 6.64. The van der Waals surface area contributed by atoms with Crippen molar-refractivity contribution >= 4 is 5.95 Å². The molecular formula is C13H13FN4. The average Bonchev–Trinajstić information content (AvgIpc) is 3.15. The number of rotatable bonds is 3. The van der Waals surface area contributed by atoms with E-state index in [-0.39, 0.29) is 11.8 Å². The van der Waals surface area contributed by atoms with E-state index in [4.69, 9.17) is 5.73 Å². The molecule has 5 heteroatoms. The lowest BCUT2D eigenvalue weighted by Gasteiger charge is -2.04. The topological polar surface area (TPSA) is 64.7 Å². The molecule has 0 unspecified atom stereocenters. The Hall–Kier alpha value is -2.04. The molecule has 0 radical (unpaired) electrons. The molecule has 0 aliphatic heterocycles. The fraction of sp³-hybridized carbons (Fsp3) is 0.308. The van der Waals surface area contributed by atoms with Crippen molar-refractivity contribution in [3.05, 3.63) is 47.3 Å². The Balaban J connectivity index is 1.85. The molecule has 0 saturated heterocycles. The summed E-state index contributed by atoms with van der Waals surface area (Å²) >= 11 is 0. The van der Waals surface area contributed by atoms with Crippen LogP contribution in [-0.4, -0.2) is 15.0 Å². The number of nitrogens with two attached hydrogens (primary N) is 1. The first kappa shape index (κ1) is 11.1. The van der Waals surface area contributed by atoms with Crippen molar-refractivity contribution in [1.82, 2.24) is 15.0 Å². The van der Waals surface area contributed by atoms with Crippen LogP contribution in [0.4, 0.5) is 10.3 Å². The van der Waals surface area contributed by atoms with Crippen molar-refractivity contribution in [2.45, 2.75) is 25.2 Å². The third-order valence-electron chi connectivity index (χ3n) is 2.93. The number of anilines is 1.